The first-order chi connectivity index (χ1) is 26.0. The van der Waals surface area contributed by atoms with Crippen molar-refractivity contribution in [2.24, 2.45) is 0 Å². The lowest BCUT2D eigenvalue weighted by Crippen LogP contribution is -1.98. The van der Waals surface area contributed by atoms with Gasteiger partial charge in [0, 0.05) is 50.1 Å². The van der Waals surface area contributed by atoms with E-state index in [0.717, 1.165) is 61.6 Å². The van der Waals surface area contributed by atoms with Gasteiger partial charge in [0.2, 0.25) is 0 Å². The van der Waals surface area contributed by atoms with Crippen molar-refractivity contribution in [2.75, 3.05) is 0 Å². The van der Waals surface area contributed by atoms with Crippen LogP contribution in [0.2, 0.25) is 0 Å². The van der Waals surface area contributed by atoms with E-state index in [9.17, 15) is 0 Å². The zero-order chi connectivity index (χ0) is 35.8. The molecule has 0 bridgehead atoms. The minimum absolute atomic E-state index is 0.438. The molecule has 4 aromatic heterocycles. The highest BCUT2D eigenvalue weighted by Gasteiger charge is 2.22. The van der Waals surface area contributed by atoms with Crippen LogP contribution in [0.3, 0.4) is 0 Å². The summed E-state index contributed by atoms with van der Waals surface area (Å²) >= 11 is 0. The molecule has 256 valence electrons. The van der Waals surface area contributed by atoms with Gasteiger partial charge in [-0.3, -0.25) is 9.13 Å². The first kappa shape index (κ1) is 31.3. The SMILES string of the molecule is CC(C)c1cc2[nH]c3c(-c4nc5c(-c6ccc7c8ccccc8n(-c8ccccn8)c7c6)cccc5n4-c4ccccc4)cccc3c2cc1C(C)C. The third-order valence-electron chi connectivity index (χ3n) is 10.9. The molecular weight excluding hydrogens is 647 g/mol. The van der Waals surface area contributed by atoms with Crippen molar-refractivity contribution in [1.29, 1.82) is 0 Å². The van der Waals surface area contributed by atoms with Crippen molar-refractivity contribution in [3.63, 3.8) is 0 Å². The predicted octanol–water partition coefficient (Wildman–Crippen LogP) is 12.7. The van der Waals surface area contributed by atoms with Crippen LogP contribution in [0.5, 0.6) is 0 Å². The van der Waals surface area contributed by atoms with Crippen LogP contribution in [0.15, 0.2) is 146 Å². The monoisotopic (exact) mass is 685 g/mol. The zero-order valence-electron chi connectivity index (χ0n) is 30.3. The molecule has 0 fully saturated rings. The maximum Gasteiger partial charge on any atom is 0.147 e. The van der Waals surface area contributed by atoms with Crippen molar-refractivity contribution in [3.8, 4) is 34.0 Å². The van der Waals surface area contributed by atoms with E-state index in [1.54, 1.807) is 0 Å². The minimum atomic E-state index is 0.438. The Labute approximate surface area is 308 Å². The standard InChI is InChI=1S/C48H39N5/c1-29(2)38-27-40-36-18-12-19-37(46(36)50-41(40)28-39(38)30(3)4)48-51-47-33(17-13-21-43(47)52(48)32-14-6-5-7-15-32)31-23-24-35-34-16-8-9-20-42(34)53(44(35)26-31)45-22-10-11-25-49-45/h5-30,50H,1-4H3. The molecule has 0 aliphatic heterocycles. The molecule has 0 saturated heterocycles. The van der Waals surface area contributed by atoms with Crippen LogP contribution < -0.4 is 0 Å². The summed E-state index contributed by atoms with van der Waals surface area (Å²) in [6.45, 7) is 9.17. The van der Waals surface area contributed by atoms with Gasteiger partial charge in [-0.1, -0.05) is 107 Å². The van der Waals surface area contributed by atoms with Crippen LogP contribution in [0.1, 0.15) is 50.7 Å². The van der Waals surface area contributed by atoms with Gasteiger partial charge >= 0.3 is 0 Å². The molecule has 0 atom stereocenters. The van der Waals surface area contributed by atoms with E-state index >= 15 is 0 Å². The summed E-state index contributed by atoms with van der Waals surface area (Å²) in [6, 6.07) is 50.0. The smallest absolute Gasteiger partial charge is 0.147 e. The summed E-state index contributed by atoms with van der Waals surface area (Å²) in [4.78, 5) is 14.2. The highest BCUT2D eigenvalue weighted by molar-refractivity contribution is 6.13. The lowest BCUT2D eigenvalue weighted by Gasteiger charge is -2.16. The van der Waals surface area contributed by atoms with E-state index in [0.29, 0.717) is 11.8 Å². The summed E-state index contributed by atoms with van der Waals surface area (Å²) in [6.07, 6.45) is 1.86. The number of imidazole rings is 1. The summed E-state index contributed by atoms with van der Waals surface area (Å²) in [7, 11) is 0. The number of hydrogen-bond donors (Lipinski definition) is 1. The molecule has 0 saturated carbocycles. The summed E-state index contributed by atoms with van der Waals surface area (Å²) in [5, 5.41) is 4.88. The Morgan fingerprint density at radius 3 is 2.04 bits per heavy atom. The van der Waals surface area contributed by atoms with Crippen molar-refractivity contribution < 1.29 is 0 Å². The van der Waals surface area contributed by atoms with Gasteiger partial charge in [-0.25, -0.2) is 9.97 Å². The summed E-state index contributed by atoms with van der Waals surface area (Å²) in [5.41, 5.74) is 13.7. The molecule has 0 spiro atoms. The summed E-state index contributed by atoms with van der Waals surface area (Å²) in [5.74, 6) is 2.69. The van der Waals surface area contributed by atoms with Gasteiger partial charge in [-0.05, 0) is 89.2 Å². The lowest BCUT2D eigenvalue weighted by atomic mass is 9.89. The van der Waals surface area contributed by atoms with Crippen molar-refractivity contribution in [1.82, 2.24) is 24.1 Å². The van der Waals surface area contributed by atoms with E-state index in [-0.39, 0.29) is 0 Å². The highest BCUT2D eigenvalue weighted by atomic mass is 15.1. The Hall–Kier alpha value is -6.46. The number of para-hydroxylation sites is 4. The van der Waals surface area contributed by atoms with Crippen molar-refractivity contribution >= 4 is 54.6 Å². The van der Waals surface area contributed by atoms with E-state index in [1.807, 2.05) is 18.3 Å². The van der Waals surface area contributed by atoms with Crippen LogP contribution >= 0.6 is 0 Å². The van der Waals surface area contributed by atoms with Gasteiger partial charge in [-0.2, -0.15) is 0 Å². The van der Waals surface area contributed by atoms with Crippen molar-refractivity contribution in [3.05, 3.63) is 157 Å². The molecule has 0 aliphatic rings. The van der Waals surface area contributed by atoms with Crippen LogP contribution in [-0.2, 0) is 0 Å². The second-order valence-electron chi connectivity index (χ2n) is 14.7. The molecule has 53 heavy (non-hydrogen) atoms. The lowest BCUT2D eigenvalue weighted by molar-refractivity contribution is 0.793. The second-order valence-corrected chi connectivity index (χ2v) is 14.7. The number of nitrogens with one attached hydrogen (secondary N) is 1. The molecule has 0 unspecified atom stereocenters. The van der Waals surface area contributed by atoms with Gasteiger partial charge in [0.05, 0.1) is 27.6 Å². The number of fused-ring (bicyclic) bond motifs is 7. The van der Waals surface area contributed by atoms with Crippen molar-refractivity contribution in [2.45, 2.75) is 39.5 Å². The zero-order valence-corrected chi connectivity index (χ0v) is 30.3. The first-order valence-electron chi connectivity index (χ1n) is 18.6. The van der Waals surface area contributed by atoms with Gasteiger partial charge in [0.15, 0.2) is 0 Å². The van der Waals surface area contributed by atoms with Gasteiger partial charge in [0.25, 0.3) is 0 Å². The minimum Gasteiger partial charge on any atom is -0.354 e. The molecule has 1 N–H and O–H groups in total. The van der Waals surface area contributed by atoms with Crippen LogP contribution in [0.25, 0.3) is 88.7 Å². The second kappa shape index (κ2) is 12.1. The van der Waals surface area contributed by atoms with Gasteiger partial charge in [-0.15, -0.1) is 0 Å². The molecule has 5 nitrogen and oxygen atoms in total. The Bertz CT molecular complexity index is 3000. The number of benzene rings is 6. The fourth-order valence-electron chi connectivity index (χ4n) is 8.41. The van der Waals surface area contributed by atoms with Crippen LogP contribution in [0, 0.1) is 0 Å². The van der Waals surface area contributed by atoms with Gasteiger partial charge < -0.3 is 4.98 Å². The van der Waals surface area contributed by atoms with E-state index in [4.69, 9.17) is 9.97 Å². The molecule has 10 rings (SSSR count). The molecule has 0 aliphatic carbocycles. The van der Waals surface area contributed by atoms with Crippen LogP contribution in [-0.4, -0.2) is 24.1 Å². The molecule has 6 aromatic carbocycles. The third-order valence-corrected chi connectivity index (χ3v) is 10.9. The topological polar surface area (TPSA) is 51.4 Å². The van der Waals surface area contributed by atoms with Crippen LogP contribution in [0.4, 0.5) is 0 Å². The summed E-state index contributed by atoms with van der Waals surface area (Å²) < 4.78 is 4.59. The van der Waals surface area contributed by atoms with E-state index in [2.05, 4.69) is 169 Å². The maximum atomic E-state index is 5.57. The quantitative estimate of drug-likeness (QED) is 0.189. The largest absolute Gasteiger partial charge is 0.354 e. The number of rotatable bonds is 6. The molecule has 0 radical (unpaired) electrons. The number of pyridine rings is 1. The number of nitrogens with zero attached hydrogens (tertiary/aromatic N) is 4. The number of aromatic amines is 1. The molecule has 10 aromatic rings. The average Bonchev–Trinajstić information content (AvgIpc) is 3.87. The van der Waals surface area contributed by atoms with Gasteiger partial charge in [0.1, 0.15) is 11.6 Å². The molecular formula is C48H39N5. The Balaban J connectivity index is 1.24. The fourth-order valence-corrected chi connectivity index (χ4v) is 8.41. The average molecular weight is 686 g/mol. The Morgan fingerprint density at radius 2 is 1.23 bits per heavy atom. The number of hydrogen-bond acceptors (Lipinski definition) is 2. The first-order valence-corrected chi connectivity index (χ1v) is 18.6. The fraction of sp³-hybridized carbons (Fsp3) is 0.125. The third kappa shape index (κ3) is 4.84. The molecule has 5 heteroatoms. The Morgan fingerprint density at radius 1 is 0.528 bits per heavy atom. The number of aromatic nitrogens is 5. The predicted molar refractivity (Wildman–Crippen MR) is 222 cm³/mol. The molecule has 0 amide bonds. The Kier molecular flexibility index (Phi) is 7.12. The normalized spacial score (nSPS) is 12.1. The van der Waals surface area contributed by atoms with E-state index in [1.165, 1.54) is 38.2 Å². The van der Waals surface area contributed by atoms with E-state index < -0.39 is 0 Å². The highest BCUT2D eigenvalue weighted by Crippen LogP contribution is 2.41. The molecule has 4 heterocycles. The number of H-pyrrole nitrogens is 1. The maximum absolute atomic E-state index is 5.57.